The van der Waals surface area contributed by atoms with Crippen LogP contribution in [0.5, 0.6) is 0 Å². The summed E-state index contributed by atoms with van der Waals surface area (Å²) in [6.45, 7) is 14.9. The number of hydrogen-bond donors (Lipinski definition) is 3. The predicted octanol–water partition coefficient (Wildman–Crippen LogP) is 4.02. The molecule has 1 rings (SSSR count). The van der Waals surface area contributed by atoms with E-state index in [1.54, 1.807) is 20.8 Å². The highest BCUT2D eigenvalue weighted by molar-refractivity contribution is 5.92. The van der Waals surface area contributed by atoms with Crippen LogP contribution in [0.15, 0.2) is 18.2 Å². The summed E-state index contributed by atoms with van der Waals surface area (Å²) in [5, 5.41) is 15.5. The third-order valence-electron chi connectivity index (χ3n) is 5.81. The number of aliphatic hydroxyl groups excluding tert-OH is 1. The summed E-state index contributed by atoms with van der Waals surface area (Å²) in [5.74, 6) is -1.03. The molecule has 0 fully saturated rings. The van der Waals surface area contributed by atoms with Crippen molar-refractivity contribution in [3.8, 4) is 0 Å². The highest BCUT2D eigenvalue weighted by atomic mass is 16.6. The van der Waals surface area contributed by atoms with Crippen LogP contribution >= 0.6 is 0 Å². The fourth-order valence-electron chi connectivity index (χ4n) is 3.80. The first-order valence-electron chi connectivity index (χ1n) is 12.6. The number of amides is 3. The summed E-state index contributed by atoms with van der Waals surface area (Å²) < 4.78 is 5.36. The minimum atomic E-state index is -0.946. The second-order valence-corrected chi connectivity index (χ2v) is 10.3. The van der Waals surface area contributed by atoms with Crippen molar-refractivity contribution in [2.24, 2.45) is 5.92 Å². The van der Waals surface area contributed by atoms with Gasteiger partial charge in [-0.05, 0) is 63.6 Å². The van der Waals surface area contributed by atoms with Crippen molar-refractivity contribution in [3.05, 3.63) is 34.9 Å². The first-order chi connectivity index (χ1) is 16.3. The molecule has 2 unspecified atom stereocenters. The van der Waals surface area contributed by atoms with Gasteiger partial charge in [0.15, 0.2) is 0 Å². The molecule has 3 N–H and O–H groups in total. The maximum atomic E-state index is 13.8. The first-order valence-corrected chi connectivity index (χ1v) is 12.6. The molecule has 0 radical (unpaired) electrons. The highest BCUT2D eigenvalue weighted by Gasteiger charge is 2.37. The number of hydrogen-bond acceptors (Lipinski definition) is 5. The quantitative estimate of drug-likeness (QED) is 0.383. The standard InChI is InChI=1S/C27H45N3O5/c1-9-10-11-15-28-24(32)23(21-14-12-13-19(4)20(21)5)30(16-17-31)25(33)22(18(2)3)29-26(34)35-27(6,7)8/h12-14,18,22-23,31H,9-11,15-17H2,1-8H3,(H,28,32)(H,29,34). The number of nitrogens with one attached hydrogen (secondary N) is 2. The first kappa shape index (κ1) is 30.4. The van der Waals surface area contributed by atoms with Crippen molar-refractivity contribution in [2.75, 3.05) is 19.7 Å². The number of carbonyl (C=O) groups excluding carboxylic acids is 3. The van der Waals surface area contributed by atoms with Gasteiger partial charge in [-0.15, -0.1) is 0 Å². The van der Waals surface area contributed by atoms with Crippen LogP contribution in [-0.4, -0.2) is 59.3 Å². The Labute approximate surface area is 210 Å². The van der Waals surface area contributed by atoms with Crippen molar-refractivity contribution >= 4 is 17.9 Å². The largest absolute Gasteiger partial charge is 0.444 e. The van der Waals surface area contributed by atoms with E-state index in [-0.39, 0.29) is 25.0 Å². The monoisotopic (exact) mass is 491 g/mol. The zero-order valence-electron chi connectivity index (χ0n) is 22.7. The normalized spacial score (nSPS) is 13.2. The van der Waals surface area contributed by atoms with Crippen molar-refractivity contribution in [3.63, 3.8) is 0 Å². The number of unbranched alkanes of at least 4 members (excludes halogenated alkanes) is 2. The van der Waals surface area contributed by atoms with E-state index in [0.29, 0.717) is 12.1 Å². The minimum absolute atomic E-state index is 0.0571. The van der Waals surface area contributed by atoms with E-state index < -0.39 is 29.7 Å². The van der Waals surface area contributed by atoms with Gasteiger partial charge in [0.1, 0.15) is 17.7 Å². The Kier molecular flexibility index (Phi) is 12.2. The Balaban J connectivity index is 3.41. The van der Waals surface area contributed by atoms with Gasteiger partial charge in [-0.1, -0.05) is 51.8 Å². The zero-order chi connectivity index (χ0) is 26.8. The maximum absolute atomic E-state index is 13.8. The predicted molar refractivity (Wildman–Crippen MR) is 138 cm³/mol. The van der Waals surface area contributed by atoms with Gasteiger partial charge in [-0.2, -0.15) is 0 Å². The Hall–Kier alpha value is -2.61. The summed E-state index contributed by atoms with van der Waals surface area (Å²) >= 11 is 0. The van der Waals surface area contributed by atoms with Crippen LogP contribution in [-0.2, 0) is 14.3 Å². The molecule has 1 aromatic rings. The number of alkyl carbamates (subject to hydrolysis) is 1. The Bertz CT molecular complexity index is 848. The van der Waals surface area contributed by atoms with Crippen LogP contribution in [0.3, 0.4) is 0 Å². The highest BCUT2D eigenvalue weighted by Crippen LogP contribution is 2.28. The second-order valence-electron chi connectivity index (χ2n) is 10.3. The van der Waals surface area contributed by atoms with Gasteiger partial charge in [0.2, 0.25) is 11.8 Å². The lowest BCUT2D eigenvalue weighted by molar-refractivity contribution is -0.143. The van der Waals surface area contributed by atoms with Gasteiger partial charge in [0.25, 0.3) is 0 Å². The van der Waals surface area contributed by atoms with Crippen LogP contribution in [0.2, 0.25) is 0 Å². The molecule has 198 valence electrons. The second kappa shape index (κ2) is 14.1. The maximum Gasteiger partial charge on any atom is 0.408 e. The number of benzene rings is 1. The van der Waals surface area contributed by atoms with Crippen LogP contribution in [0.1, 0.15) is 83.5 Å². The van der Waals surface area contributed by atoms with Gasteiger partial charge in [0, 0.05) is 13.1 Å². The van der Waals surface area contributed by atoms with Gasteiger partial charge >= 0.3 is 6.09 Å². The molecule has 8 heteroatoms. The van der Waals surface area contributed by atoms with E-state index in [2.05, 4.69) is 17.6 Å². The summed E-state index contributed by atoms with van der Waals surface area (Å²) in [6, 6.07) is 3.76. The van der Waals surface area contributed by atoms with Gasteiger partial charge in [0.05, 0.1) is 6.61 Å². The van der Waals surface area contributed by atoms with Crippen LogP contribution in [0.25, 0.3) is 0 Å². The summed E-state index contributed by atoms with van der Waals surface area (Å²) in [4.78, 5) is 41.2. The van der Waals surface area contributed by atoms with Crippen LogP contribution in [0, 0.1) is 19.8 Å². The fourth-order valence-corrected chi connectivity index (χ4v) is 3.80. The average Bonchev–Trinajstić information content (AvgIpc) is 2.75. The molecular weight excluding hydrogens is 446 g/mol. The van der Waals surface area contributed by atoms with Crippen molar-refractivity contribution < 1.29 is 24.2 Å². The number of carbonyl (C=O) groups is 3. The van der Waals surface area contributed by atoms with Crippen molar-refractivity contribution in [2.45, 2.75) is 92.3 Å². The number of aliphatic hydroxyl groups is 1. The van der Waals surface area contributed by atoms with Gasteiger partial charge in [-0.25, -0.2) is 4.79 Å². The van der Waals surface area contributed by atoms with E-state index in [4.69, 9.17) is 4.74 Å². The summed E-state index contributed by atoms with van der Waals surface area (Å²) in [7, 11) is 0. The lowest BCUT2D eigenvalue weighted by Gasteiger charge is -2.36. The molecule has 1 aromatic carbocycles. The number of aryl methyl sites for hydroxylation is 1. The van der Waals surface area contributed by atoms with Crippen LogP contribution in [0.4, 0.5) is 4.79 Å². The molecule has 0 saturated heterocycles. The van der Waals surface area contributed by atoms with E-state index in [1.165, 1.54) is 4.90 Å². The van der Waals surface area contributed by atoms with Crippen molar-refractivity contribution in [1.82, 2.24) is 15.5 Å². The number of rotatable bonds is 12. The van der Waals surface area contributed by atoms with E-state index >= 15 is 0 Å². The molecule has 0 spiro atoms. The van der Waals surface area contributed by atoms with Gasteiger partial charge < -0.3 is 25.4 Å². The molecule has 35 heavy (non-hydrogen) atoms. The van der Waals surface area contributed by atoms with E-state index in [1.807, 2.05) is 45.9 Å². The van der Waals surface area contributed by atoms with Crippen molar-refractivity contribution in [1.29, 1.82) is 0 Å². The van der Waals surface area contributed by atoms with E-state index in [0.717, 1.165) is 30.4 Å². The summed E-state index contributed by atoms with van der Waals surface area (Å²) in [6.07, 6.45) is 2.14. The molecule has 3 amide bonds. The fraction of sp³-hybridized carbons (Fsp3) is 0.667. The van der Waals surface area contributed by atoms with Gasteiger partial charge in [-0.3, -0.25) is 9.59 Å². The van der Waals surface area contributed by atoms with E-state index in [9.17, 15) is 19.5 Å². The third kappa shape index (κ3) is 9.51. The molecule has 0 aliphatic carbocycles. The molecule has 0 aliphatic rings. The number of nitrogens with zero attached hydrogens (tertiary/aromatic N) is 1. The lowest BCUT2D eigenvalue weighted by Crippen LogP contribution is -2.55. The Morgan fingerprint density at radius 1 is 1.11 bits per heavy atom. The topological polar surface area (TPSA) is 108 Å². The molecule has 8 nitrogen and oxygen atoms in total. The molecule has 0 aromatic heterocycles. The molecule has 0 heterocycles. The summed E-state index contributed by atoms with van der Waals surface area (Å²) in [5.41, 5.74) is 1.87. The smallest absolute Gasteiger partial charge is 0.408 e. The zero-order valence-corrected chi connectivity index (χ0v) is 22.7. The molecule has 2 atom stereocenters. The Morgan fingerprint density at radius 2 is 1.77 bits per heavy atom. The molecule has 0 saturated carbocycles. The average molecular weight is 492 g/mol. The Morgan fingerprint density at radius 3 is 2.31 bits per heavy atom. The SMILES string of the molecule is CCCCCNC(=O)C(c1cccc(C)c1C)N(CCO)C(=O)C(NC(=O)OC(C)(C)C)C(C)C. The number of ether oxygens (including phenoxy) is 1. The third-order valence-corrected chi connectivity index (χ3v) is 5.81. The molecule has 0 aliphatic heterocycles. The molecule has 0 bridgehead atoms. The van der Waals surface area contributed by atoms with Crippen LogP contribution < -0.4 is 10.6 Å². The molecular formula is C27H45N3O5. The lowest BCUT2D eigenvalue weighted by atomic mass is 9.94. The minimum Gasteiger partial charge on any atom is -0.444 e.